The van der Waals surface area contributed by atoms with E-state index in [0.29, 0.717) is 38.8 Å². The molecule has 0 bridgehead atoms. The smallest absolute Gasteiger partial charge is 0.264 e. The van der Waals surface area contributed by atoms with E-state index >= 15 is 0 Å². The van der Waals surface area contributed by atoms with Crippen LogP contribution in [0.3, 0.4) is 0 Å². The lowest BCUT2D eigenvalue weighted by atomic mass is 9.87. The Kier molecular flexibility index (Phi) is 6.54. The number of ether oxygens (including phenoxy) is 1. The van der Waals surface area contributed by atoms with Crippen LogP contribution in [0.5, 0.6) is 0 Å². The highest BCUT2D eigenvalue weighted by Gasteiger charge is 2.28. The van der Waals surface area contributed by atoms with Crippen molar-refractivity contribution < 1.29 is 14.3 Å². The monoisotopic (exact) mass is 426 g/mol. The van der Waals surface area contributed by atoms with E-state index in [-0.39, 0.29) is 17.7 Å². The topological polar surface area (TPSA) is 58.6 Å². The zero-order valence-corrected chi connectivity index (χ0v) is 18.6. The van der Waals surface area contributed by atoms with Crippen molar-refractivity contribution in [1.82, 2.24) is 10.2 Å². The van der Waals surface area contributed by atoms with Crippen LogP contribution in [0.15, 0.2) is 30.3 Å². The fraction of sp³-hybridized carbons (Fsp3) is 0.500. The zero-order chi connectivity index (χ0) is 21.1. The van der Waals surface area contributed by atoms with Crippen molar-refractivity contribution in [1.29, 1.82) is 0 Å². The molecule has 1 unspecified atom stereocenters. The largest absolute Gasteiger partial charge is 0.378 e. The molecule has 2 aliphatic rings. The molecule has 0 spiro atoms. The van der Waals surface area contributed by atoms with Crippen molar-refractivity contribution in [3.05, 3.63) is 56.8 Å². The van der Waals surface area contributed by atoms with Gasteiger partial charge in [-0.1, -0.05) is 38.1 Å². The van der Waals surface area contributed by atoms with Gasteiger partial charge in [0, 0.05) is 30.4 Å². The second kappa shape index (κ2) is 9.31. The zero-order valence-electron chi connectivity index (χ0n) is 17.8. The first-order chi connectivity index (χ1) is 14.5. The Morgan fingerprint density at radius 3 is 2.63 bits per heavy atom. The van der Waals surface area contributed by atoms with Gasteiger partial charge >= 0.3 is 0 Å². The highest BCUT2D eigenvalue weighted by atomic mass is 32.1. The lowest BCUT2D eigenvalue weighted by molar-refractivity contribution is -0.125. The van der Waals surface area contributed by atoms with E-state index in [1.807, 2.05) is 11.0 Å². The number of nitrogens with one attached hydrogen (secondary N) is 1. The molecule has 1 atom stereocenters. The van der Waals surface area contributed by atoms with E-state index in [2.05, 4.69) is 43.4 Å². The van der Waals surface area contributed by atoms with Gasteiger partial charge in [-0.3, -0.25) is 9.59 Å². The van der Waals surface area contributed by atoms with Gasteiger partial charge in [-0.25, -0.2) is 0 Å². The second-order valence-electron chi connectivity index (χ2n) is 8.52. The number of thiophene rings is 1. The molecule has 5 nitrogen and oxygen atoms in total. The van der Waals surface area contributed by atoms with Crippen LogP contribution >= 0.6 is 11.3 Å². The predicted molar refractivity (Wildman–Crippen MR) is 119 cm³/mol. The third-order valence-electron chi connectivity index (χ3n) is 6.08. The molecule has 2 aromatic rings. The van der Waals surface area contributed by atoms with Gasteiger partial charge in [0.05, 0.1) is 18.1 Å². The number of fused-ring (bicyclic) bond motifs is 1. The van der Waals surface area contributed by atoms with Gasteiger partial charge in [-0.05, 0) is 47.9 Å². The summed E-state index contributed by atoms with van der Waals surface area (Å²) in [6, 6.07) is 10.5. The summed E-state index contributed by atoms with van der Waals surface area (Å²) in [7, 11) is 0. The van der Waals surface area contributed by atoms with Gasteiger partial charge in [0.25, 0.3) is 5.91 Å². The van der Waals surface area contributed by atoms with E-state index in [1.165, 1.54) is 16.0 Å². The van der Waals surface area contributed by atoms with Crippen LogP contribution in [-0.2, 0) is 28.9 Å². The van der Waals surface area contributed by atoms with Crippen molar-refractivity contribution in [2.45, 2.75) is 45.6 Å². The summed E-state index contributed by atoms with van der Waals surface area (Å²) < 4.78 is 5.34. The molecule has 2 amide bonds. The van der Waals surface area contributed by atoms with E-state index in [4.69, 9.17) is 4.74 Å². The van der Waals surface area contributed by atoms with Gasteiger partial charge in [0.15, 0.2) is 0 Å². The Hall–Kier alpha value is -2.18. The van der Waals surface area contributed by atoms with Crippen LogP contribution in [0.25, 0.3) is 0 Å². The summed E-state index contributed by atoms with van der Waals surface area (Å²) in [6.45, 7) is 7.45. The third-order valence-corrected chi connectivity index (χ3v) is 7.30. The van der Waals surface area contributed by atoms with Crippen LogP contribution in [-0.4, -0.2) is 43.0 Å². The Bertz CT molecular complexity index is 898. The molecule has 1 aromatic heterocycles. The molecule has 1 N–H and O–H groups in total. The number of aryl methyl sites for hydroxylation is 1. The minimum atomic E-state index is -0.0200. The summed E-state index contributed by atoms with van der Waals surface area (Å²) >= 11 is 1.60. The molecular weight excluding hydrogens is 396 g/mol. The summed E-state index contributed by atoms with van der Waals surface area (Å²) in [5.41, 5.74) is 3.60. The molecule has 6 heteroatoms. The molecule has 1 aromatic carbocycles. The first-order valence-electron chi connectivity index (χ1n) is 10.9. The van der Waals surface area contributed by atoms with Gasteiger partial charge in [0.2, 0.25) is 5.91 Å². The number of amides is 2. The average Bonchev–Trinajstić information content (AvgIpc) is 3.21. The minimum Gasteiger partial charge on any atom is -0.378 e. The summed E-state index contributed by atoms with van der Waals surface area (Å²) in [4.78, 5) is 29.4. The van der Waals surface area contributed by atoms with E-state index in [0.717, 1.165) is 29.7 Å². The number of carbonyl (C=O) groups is 2. The van der Waals surface area contributed by atoms with Crippen molar-refractivity contribution >= 4 is 23.2 Å². The van der Waals surface area contributed by atoms with Crippen molar-refractivity contribution in [2.75, 3.05) is 26.3 Å². The van der Waals surface area contributed by atoms with Crippen molar-refractivity contribution in [3.8, 4) is 0 Å². The molecule has 4 rings (SSSR count). The molecule has 0 saturated carbocycles. The van der Waals surface area contributed by atoms with Gasteiger partial charge < -0.3 is 15.0 Å². The first-order valence-corrected chi connectivity index (χ1v) is 11.7. The molecule has 30 heavy (non-hydrogen) atoms. The fourth-order valence-corrected chi connectivity index (χ4v) is 5.31. The lowest BCUT2D eigenvalue weighted by Gasteiger charge is -2.26. The number of carbonyl (C=O) groups excluding carboxylic acids is 2. The summed E-state index contributed by atoms with van der Waals surface area (Å²) in [6.07, 6.45) is 2.44. The molecule has 1 aliphatic heterocycles. The van der Waals surface area contributed by atoms with E-state index < -0.39 is 0 Å². The third kappa shape index (κ3) is 4.76. The Labute approximate surface area is 182 Å². The SMILES string of the molecule is CC(C)c1ccc(CNC(=O)C2CCc3sc(C(=O)N4CCOCC4)cc3C2)cc1. The maximum Gasteiger partial charge on any atom is 0.264 e. The van der Waals surface area contributed by atoms with Crippen molar-refractivity contribution in [2.24, 2.45) is 5.92 Å². The summed E-state index contributed by atoms with van der Waals surface area (Å²) in [5, 5.41) is 3.10. The standard InChI is InChI=1S/C24H30N2O3S/c1-16(2)18-5-3-17(4-6-18)15-25-23(27)19-7-8-21-20(13-19)14-22(30-21)24(28)26-9-11-29-12-10-26/h3-6,14,16,19H,7-13,15H2,1-2H3,(H,25,27). The summed E-state index contributed by atoms with van der Waals surface area (Å²) in [5.74, 6) is 0.702. The van der Waals surface area contributed by atoms with Crippen LogP contribution in [0.2, 0.25) is 0 Å². The number of benzene rings is 1. The average molecular weight is 427 g/mol. The van der Waals surface area contributed by atoms with Gasteiger partial charge in [-0.2, -0.15) is 0 Å². The molecule has 1 aliphatic carbocycles. The van der Waals surface area contributed by atoms with Gasteiger partial charge in [-0.15, -0.1) is 11.3 Å². The molecule has 1 fully saturated rings. The molecule has 160 valence electrons. The van der Waals surface area contributed by atoms with Gasteiger partial charge in [0.1, 0.15) is 0 Å². The van der Waals surface area contributed by atoms with Crippen LogP contribution < -0.4 is 5.32 Å². The minimum absolute atomic E-state index is 0.0200. The quantitative estimate of drug-likeness (QED) is 0.792. The van der Waals surface area contributed by atoms with Crippen LogP contribution in [0, 0.1) is 5.92 Å². The van der Waals surface area contributed by atoms with E-state index in [9.17, 15) is 9.59 Å². The molecule has 2 heterocycles. The first kappa shape index (κ1) is 21.1. The molecule has 1 saturated heterocycles. The molecule has 0 radical (unpaired) electrons. The number of hydrogen-bond donors (Lipinski definition) is 1. The fourth-order valence-electron chi connectivity index (χ4n) is 4.13. The predicted octanol–water partition coefficient (Wildman–Crippen LogP) is 3.77. The maximum absolute atomic E-state index is 12.8. The highest BCUT2D eigenvalue weighted by Crippen LogP contribution is 2.33. The Morgan fingerprint density at radius 2 is 1.93 bits per heavy atom. The normalized spacial score (nSPS) is 18.9. The second-order valence-corrected chi connectivity index (χ2v) is 9.65. The maximum atomic E-state index is 12.8. The van der Waals surface area contributed by atoms with Crippen LogP contribution in [0.1, 0.15) is 57.4 Å². The Morgan fingerprint density at radius 1 is 1.20 bits per heavy atom. The number of hydrogen-bond acceptors (Lipinski definition) is 4. The number of morpholine rings is 1. The Balaban J connectivity index is 1.33. The number of nitrogens with zero attached hydrogens (tertiary/aromatic N) is 1. The van der Waals surface area contributed by atoms with Crippen LogP contribution in [0.4, 0.5) is 0 Å². The number of rotatable bonds is 5. The van der Waals surface area contributed by atoms with Crippen molar-refractivity contribution in [3.63, 3.8) is 0 Å². The highest BCUT2D eigenvalue weighted by molar-refractivity contribution is 7.14. The molecular formula is C24H30N2O3S. The van der Waals surface area contributed by atoms with E-state index in [1.54, 1.807) is 11.3 Å². The lowest BCUT2D eigenvalue weighted by Crippen LogP contribution is -2.40.